The molecule has 0 aromatic carbocycles. The van der Waals surface area contributed by atoms with Gasteiger partial charge in [-0.05, 0) is 13.3 Å². The summed E-state index contributed by atoms with van der Waals surface area (Å²) in [4.78, 5) is 6.72. The second-order valence-corrected chi connectivity index (χ2v) is 4.64. The van der Waals surface area contributed by atoms with Gasteiger partial charge in [0.1, 0.15) is 0 Å². The number of hydrogen-bond donors (Lipinski definition) is 1. The second-order valence-electron chi connectivity index (χ2n) is 4.64. The van der Waals surface area contributed by atoms with E-state index in [0.29, 0.717) is 0 Å². The number of morpholine rings is 1. The van der Waals surface area contributed by atoms with Gasteiger partial charge in [0.25, 0.3) is 0 Å². The van der Waals surface area contributed by atoms with Crippen LogP contribution in [-0.4, -0.2) is 41.4 Å². The lowest BCUT2D eigenvalue weighted by molar-refractivity contribution is 0.0269. The number of ether oxygens (including phenoxy) is 1. The van der Waals surface area contributed by atoms with Gasteiger partial charge in [-0.1, -0.05) is 6.92 Å². The van der Waals surface area contributed by atoms with Crippen LogP contribution < -0.4 is 10.6 Å². The number of aromatic nitrogens is 2. The van der Waals surface area contributed by atoms with Gasteiger partial charge in [0.05, 0.1) is 12.7 Å². The molecule has 96 valence electrons. The Kier molecular flexibility index (Phi) is 4.02. The van der Waals surface area contributed by atoms with Gasteiger partial charge < -0.3 is 19.9 Å². The third-order valence-electron chi connectivity index (χ3n) is 3.12. The molecule has 17 heavy (non-hydrogen) atoms. The van der Waals surface area contributed by atoms with E-state index in [2.05, 4.69) is 21.4 Å². The highest BCUT2D eigenvalue weighted by Gasteiger charge is 2.25. The predicted molar refractivity (Wildman–Crippen MR) is 68.1 cm³/mol. The number of hydrogen-bond acceptors (Lipinski definition) is 4. The van der Waals surface area contributed by atoms with Crippen molar-refractivity contribution in [2.24, 2.45) is 5.73 Å². The number of imidazole rings is 1. The largest absolute Gasteiger partial charge is 0.373 e. The van der Waals surface area contributed by atoms with Crippen LogP contribution in [0.2, 0.25) is 0 Å². The van der Waals surface area contributed by atoms with Crippen molar-refractivity contribution in [1.82, 2.24) is 9.55 Å². The number of anilines is 1. The highest BCUT2D eigenvalue weighted by atomic mass is 16.5. The van der Waals surface area contributed by atoms with Crippen LogP contribution in [0, 0.1) is 0 Å². The maximum Gasteiger partial charge on any atom is 0.205 e. The first-order valence-electron chi connectivity index (χ1n) is 6.35. The molecule has 2 atom stereocenters. The third-order valence-corrected chi connectivity index (χ3v) is 3.12. The quantitative estimate of drug-likeness (QED) is 0.844. The molecule has 0 amide bonds. The lowest BCUT2D eigenvalue weighted by Gasteiger charge is -2.35. The van der Waals surface area contributed by atoms with Crippen molar-refractivity contribution in [1.29, 1.82) is 0 Å². The summed E-state index contributed by atoms with van der Waals surface area (Å²) in [6.07, 6.45) is 5.12. The van der Waals surface area contributed by atoms with Crippen molar-refractivity contribution in [3.05, 3.63) is 12.4 Å². The van der Waals surface area contributed by atoms with Gasteiger partial charge in [0.15, 0.2) is 0 Å². The summed E-state index contributed by atoms with van der Waals surface area (Å²) >= 11 is 0. The van der Waals surface area contributed by atoms with Crippen molar-refractivity contribution in [3.8, 4) is 0 Å². The summed E-state index contributed by atoms with van der Waals surface area (Å²) in [5.41, 5.74) is 5.90. The minimum Gasteiger partial charge on any atom is -0.373 e. The molecule has 2 N–H and O–H groups in total. The highest BCUT2D eigenvalue weighted by Crippen LogP contribution is 2.17. The van der Waals surface area contributed by atoms with E-state index in [4.69, 9.17) is 10.5 Å². The Bertz CT molecular complexity index is 350. The molecule has 1 fully saturated rings. The SMILES string of the molecule is CCCn1ccnc1N1CCOC(C(C)N)C1. The maximum atomic E-state index is 5.90. The molecule has 0 radical (unpaired) electrons. The van der Waals surface area contributed by atoms with Crippen molar-refractivity contribution in [2.75, 3.05) is 24.6 Å². The minimum atomic E-state index is 0.0624. The number of rotatable bonds is 4. The number of nitrogens with zero attached hydrogens (tertiary/aromatic N) is 3. The van der Waals surface area contributed by atoms with Crippen molar-refractivity contribution < 1.29 is 4.74 Å². The molecule has 5 heteroatoms. The smallest absolute Gasteiger partial charge is 0.205 e. The summed E-state index contributed by atoms with van der Waals surface area (Å²) in [7, 11) is 0. The van der Waals surface area contributed by atoms with Crippen LogP contribution >= 0.6 is 0 Å². The maximum absolute atomic E-state index is 5.90. The minimum absolute atomic E-state index is 0.0624. The topological polar surface area (TPSA) is 56.3 Å². The van der Waals surface area contributed by atoms with Crippen LogP contribution in [0.15, 0.2) is 12.4 Å². The van der Waals surface area contributed by atoms with E-state index in [-0.39, 0.29) is 12.1 Å². The van der Waals surface area contributed by atoms with Crippen LogP contribution in [0.3, 0.4) is 0 Å². The van der Waals surface area contributed by atoms with Gasteiger partial charge in [-0.3, -0.25) is 0 Å². The summed E-state index contributed by atoms with van der Waals surface area (Å²) < 4.78 is 7.86. The normalized spacial score (nSPS) is 22.8. The van der Waals surface area contributed by atoms with Gasteiger partial charge in [-0.15, -0.1) is 0 Å². The third kappa shape index (κ3) is 2.79. The molecule has 0 aliphatic carbocycles. The molecule has 0 bridgehead atoms. The highest BCUT2D eigenvalue weighted by molar-refractivity contribution is 5.32. The zero-order chi connectivity index (χ0) is 12.3. The lowest BCUT2D eigenvalue weighted by Crippen LogP contribution is -2.50. The van der Waals surface area contributed by atoms with Crippen molar-refractivity contribution in [2.45, 2.75) is 39.0 Å². The first kappa shape index (κ1) is 12.4. The van der Waals surface area contributed by atoms with E-state index in [1.807, 2.05) is 19.3 Å². The first-order chi connectivity index (χ1) is 8.22. The molecule has 1 aromatic heterocycles. The van der Waals surface area contributed by atoms with Gasteiger partial charge in [0, 0.05) is 38.1 Å². The Morgan fingerprint density at radius 2 is 2.47 bits per heavy atom. The van der Waals surface area contributed by atoms with Crippen LogP contribution in [0.25, 0.3) is 0 Å². The van der Waals surface area contributed by atoms with Crippen LogP contribution in [0.5, 0.6) is 0 Å². The summed E-state index contributed by atoms with van der Waals surface area (Å²) in [5, 5.41) is 0. The number of nitrogens with two attached hydrogens (primary N) is 1. The number of aryl methyl sites for hydroxylation is 1. The van der Waals surface area contributed by atoms with E-state index in [0.717, 1.165) is 38.6 Å². The molecular formula is C12H22N4O. The zero-order valence-electron chi connectivity index (χ0n) is 10.7. The Morgan fingerprint density at radius 1 is 1.65 bits per heavy atom. The monoisotopic (exact) mass is 238 g/mol. The Hall–Kier alpha value is -1.07. The Balaban J connectivity index is 2.08. The molecule has 2 heterocycles. The fourth-order valence-corrected chi connectivity index (χ4v) is 2.18. The zero-order valence-corrected chi connectivity index (χ0v) is 10.7. The van der Waals surface area contributed by atoms with Crippen molar-refractivity contribution >= 4 is 5.95 Å². The summed E-state index contributed by atoms with van der Waals surface area (Å²) in [6.45, 7) is 7.63. The van der Waals surface area contributed by atoms with Gasteiger partial charge in [-0.2, -0.15) is 0 Å². The van der Waals surface area contributed by atoms with E-state index in [1.165, 1.54) is 0 Å². The molecule has 1 aliphatic rings. The lowest BCUT2D eigenvalue weighted by atomic mass is 10.1. The average molecular weight is 238 g/mol. The standard InChI is InChI=1S/C12H22N4O/c1-3-5-15-6-4-14-12(15)16-7-8-17-11(9-16)10(2)13/h4,6,10-11H,3,5,7-9,13H2,1-2H3. The summed E-state index contributed by atoms with van der Waals surface area (Å²) in [6, 6.07) is 0.0624. The van der Waals surface area contributed by atoms with Crippen LogP contribution in [0.1, 0.15) is 20.3 Å². The van der Waals surface area contributed by atoms with Crippen LogP contribution in [-0.2, 0) is 11.3 Å². The van der Waals surface area contributed by atoms with Gasteiger partial charge in [0.2, 0.25) is 5.95 Å². The van der Waals surface area contributed by atoms with E-state index in [1.54, 1.807) is 0 Å². The molecule has 2 rings (SSSR count). The molecule has 1 aliphatic heterocycles. The molecule has 1 saturated heterocycles. The molecule has 5 nitrogen and oxygen atoms in total. The summed E-state index contributed by atoms with van der Waals surface area (Å²) in [5.74, 6) is 1.04. The second kappa shape index (κ2) is 5.51. The fraction of sp³-hybridized carbons (Fsp3) is 0.750. The average Bonchev–Trinajstić information content (AvgIpc) is 2.78. The van der Waals surface area contributed by atoms with E-state index >= 15 is 0 Å². The van der Waals surface area contributed by atoms with E-state index in [9.17, 15) is 0 Å². The van der Waals surface area contributed by atoms with Crippen molar-refractivity contribution in [3.63, 3.8) is 0 Å². The van der Waals surface area contributed by atoms with Gasteiger partial charge in [-0.25, -0.2) is 4.98 Å². The molecule has 0 spiro atoms. The Morgan fingerprint density at radius 3 is 3.18 bits per heavy atom. The van der Waals surface area contributed by atoms with E-state index < -0.39 is 0 Å². The molecule has 2 unspecified atom stereocenters. The predicted octanol–water partition coefficient (Wildman–Crippen LogP) is 0.846. The molecule has 0 saturated carbocycles. The fourth-order valence-electron chi connectivity index (χ4n) is 2.18. The Labute approximate surface area is 103 Å². The van der Waals surface area contributed by atoms with Crippen LogP contribution in [0.4, 0.5) is 5.95 Å². The first-order valence-corrected chi connectivity index (χ1v) is 6.35. The molecular weight excluding hydrogens is 216 g/mol. The molecule has 1 aromatic rings. The van der Waals surface area contributed by atoms with Gasteiger partial charge >= 0.3 is 0 Å².